The molecule has 3 rings (SSSR count). The Bertz CT molecular complexity index is 582. The van der Waals surface area contributed by atoms with E-state index in [1.807, 2.05) is 6.07 Å². The number of hydrogen-bond acceptors (Lipinski definition) is 1. The van der Waals surface area contributed by atoms with E-state index in [4.69, 9.17) is 5.73 Å². The topological polar surface area (TPSA) is 26.0 Å². The van der Waals surface area contributed by atoms with Crippen molar-refractivity contribution in [3.8, 4) is 0 Å². The van der Waals surface area contributed by atoms with Crippen LogP contribution in [0.3, 0.4) is 0 Å². The summed E-state index contributed by atoms with van der Waals surface area (Å²) in [6.07, 6.45) is 4.34. The van der Waals surface area contributed by atoms with E-state index in [1.54, 1.807) is 0 Å². The minimum Gasteiger partial charge on any atom is -0.326 e. The van der Waals surface area contributed by atoms with E-state index in [-0.39, 0.29) is 0 Å². The summed E-state index contributed by atoms with van der Waals surface area (Å²) < 4.78 is 0. The van der Waals surface area contributed by atoms with Gasteiger partial charge in [0.15, 0.2) is 0 Å². The van der Waals surface area contributed by atoms with Gasteiger partial charge in [-0.25, -0.2) is 0 Å². The fourth-order valence-corrected chi connectivity index (χ4v) is 2.35. The molecule has 1 aliphatic rings. The van der Waals surface area contributed by atoms with Gasteiger partial charge in [-0.3, -0.25) is 0 Å². The Labute approximate surface area is 102 Å². The van der Waals surface area contributed by atoms with Gasteiger partial charge in [0.1, 0.15) is 0 Å². The van der Waals surface area contributed by atoms with Gasteiger partial charge in [-0.1, -0.05) is 54.6 Å². The van der Waals surface area contributed by atoms with Gasteiger partial charge in [-0.15, -0.1) is 0 Å². The molecule has 0 aromatic heterocycles. The van der Waals surface area contributed by atoms with Crippen molar-refractivity contribution in [3.05, 3.63) is 83.3 Å². The Morgan fingerprint density at radius 2 is 1.53 bits per heavy atom. The third kappa shape index (κ3) is 1.69. The van der Waals surface area contributed by atoms with Crippen molar-refractivity contribution in [2.24, 2.45) is 5.73 Å². The molecule has 1 heteroatoms. The zero-order valence-corrected chi connectivity index (χ0v) is 9.56. The van der Waals surface area contributed by atoms with E-state index < -0.39 is 0 Å². The van der Waals surface area contributed by atoms with Crippen LogP contribution in [0, 0.1) is 6.42 Å². The van der Waals surface area contributed by atoms with Crippen LogP contribution in [-0.4, -0.2) is 0 Å². The van der Waals surface area contributed by atoms with Gasteiger partial charge in [0.05, 0.1) is 0 Å². The molecule has 2 N–H and O–H groups in total. The lowest BCUT2D eigenvalue weighted by Crippen LogP contribution is -2.01. The first-order chi connectivity index (χ1) is 8.40. The second-order valence-electron chi connectivity index (χ2n) is 4.20. The zero-order chi connectivity index (χ0) is 11.7. The number of rotatable bonds is 2. The molecule has 17 heavy (non-hydrogen) atoms. The Balaban J connectivity index is 2.13. The van der Waals surface area contributed by atoms with Crippen LogP contribution in [0.1, 0.15) is 22.3 Å². The maximum absolute atomic E-state index is 5.80. The van der Waals surface area contributed by atoms with Crippen molar-refractivity contribution in [3.63, 3.8) is 0 Å². The molecular weight excluding hydrogens is 206 g/mol. The smallest absolute Gasteiger partial charge is 0.0184 e. The number of hydrogen-bond donors (Lipinski definition) is 1. The monoisotopic (exact) mass is 220 g/mol. The highest BCUT2D eigenvalue weighted by molar-refractivity contribution is 5.88. The fourth-order valence-electron chi connectivity index (χ4n) is 2.35. The molecule has 1 aliphatic carbocycles. The van der Waals surface area contributed by atoms with Crippen molar-refractivity contribution in [1.82, 2.24) is 0 Å². The quantitative estimate of drug-likeness (QED) is 0.826. The van der Waals surface area contributed by atoms with Crippen LogP contribution in [0.5, 0.6) is 0 Å². The molecule has 1 radical (unpaired) electrons. The first kappa shape index (κ1) is 10.3. The molecule has 0 atom stereocenters. The van der Waals surface area contributed by atoms with E-state index in [1.165, 1.54) is 27.8 Å². The molecule has 0 unspecified atom stereocenters. The van der Waals surface area contributed by atoms with Crippen molar-refractivity contribution >= 4 is 5.57 Å². The van der Waals surface area contributed by atoms with Crippen molar-refractivity contribution < 1.29 is 0 Å². The molecule has 1 nitrogen and oxygen atoms in total. The average molecular weight is 220 g/mol. The Kier molecular flexibility index (Phi) is 2.54. The second-order valence-corrected chi connectivity index (χ2v) is 4.20. The highest BCUT2D eigenvalue weighted by Crippen LogP contribution is 2.34. The van der Waals surface area contributed by atoms with Crippen LogP contribution in [0.25, 0.3) is 5.57 Å². The molecule has 83 valence electrons. The molecule has 2 aromatic carbocycles. The first-order valence-electron chi connectivity index (χ1n) is 5.83. The van der Waals surface area contributed by atoms with E-state index in [0.717, 1.165) is 0 Å². The van der Waals surface area contributed by atoms with E-state index >= 15 is 0 Å². The molecule has 0 saturated heterocycles. The van der Waals surface area contributed by atoms with Gasteiger partial charge >= 0.3 is 0 Å². The second kappa shape index (κ2) is 4.19. The summed E-state index contributed by atoms with van der Waals surface area (Å²) in [5.41, 5.74) is 12.1. The van der Waals surface area contributed by atoms with Crippen LogP contribution >= 0.6 is 0 Å². The first-order valence-corrected chi connectivity index (χ1v) is 5.83. The minimum atomic E-state index is 0.579. The van der Waals surface area contributed by atoms with Gasteiger partial charge in [-0.05, 0) is 27.8 Å². The minimum absolute atomic E-state index is 0.579. The summed E-state index contributed by atoms with van der Waals surface area (Å²) in [5.74, 6) is 0. The van der Waals surface area contributed by atoms with Gasteiger partial charge in [-0.2, -0.15) is 0 Å². The summed E-state index contributed by atoms with van der Waals surface area (Å²) in [5, 5.41) is 0. The van der Waals surface area contributed by atoms with Crippen LogP contribution in [0.15, 0.2) is 54.6 Å². The lowest BCUT2D eigenvalue weighted by molar-refractivity contribution is 1.06. The molecule has 0 heterocycles. The molecule has 0 fully saturated rings. The lowest BCUT2D eigenvalue weighted by Gasteiger charge is -2.10. The highest BCUT2D eigenvalue weighted by Gasteiger charge is 2.16. The van der Waals surface area contributed by atoms with Crippen LogP contribution in [-0.2, 0) is 6.54 Å². The Morgan fingerprint density at radius 1 is 0.824 bits per heavy atom. The van der Waals surface area contributed by atoms with Crippen molar-refractivity contribution in [1.29, 1.82) is 0 Å². The van der Waals surface area contributed by atoms with E-state index in [0.29, 0.717) is 6.54 Å². The van der Waals surface area contributed by atoms with Crippen LogP contribution < -0.4 is 5.73 Å². The molecule has 0 bridgehead atoms. The molecule has 0 amide bonds. The number of allylic oxidation sites excluding steroid dienone is 1. The summed E-state index contributed by atoms with van der Waals surface area (Å²) in [6, 6.07) is 16.8. The normalized spacial score (nSPS) is 13.4. The van der Waals surface area contributed by atoms with E-state index in [9.17, 15) is 0 Å². The molecule has 0 saturated carbocycles. The van der Waals surface area contributed by atoms with Gasteiger partial charge in [0.25, 0.3) is 0 Å². The summed E-state index contributed by atoms with van der Waals surface area (Å²) in [4.78, 5) is 0. The molecule has 0 aliphatic heterocycles. The third-order valence-electron chi connectivity index (χ3n) is 3.21. The maximum Gasteiger partial charge on any atom is 0.0184 e. The predicted octanol–water partition coefficient (Wildman–Crippen LogP) is 3.14. The number of nitrogens with two attached hydrogens (primary N) is 1. The number of fused-ring (bicyclic) bond motifs is 1. The van der Waals surface area contributed by atoms with Crippen molar-refractivity contribution in [2.75, 3.05) is 0 Å². The largest absolute Gasteiger partial charge is 0.326 e. The summed E-state index contributed by atoms with van der Waals surface area (Å²) >= 11 is 0. The maximum atomic E-state index is 5.80. The van der Waals surface area contributed by atoms with Crippen molar-refractivity contribution in [2.45, 2.75) is 6.54 Å². The van der Waals surface area contributed by atoms with Gasteiger partial charge < -0.3 is 5.73 Å². The zero-order valence-electron chi connectivity index (χ0n) is 9.56. The van der Waals surface area contributed by atoms with Crippen LogP contribution in [0.2, 0.25) is 0 Å². The molecule has 0 spiro atoms. The number of benzene rings is 2. The Morgan fingerprint density at radius 3 is 2.35 bits per heavy atom. The molecule has 2 aromatic rings. The third-order valence-corrected chi connectivity index (χ3v) is 3.21. The highest BCUT2D eigenvalue weighted by atomic mass is 14.5. The Hall–Kier alpha value is -1.86. The average Bonchev–Trinajstić information content (AvgIpc) is 2.82. The van der Waals surface area contributed by atoms with Gasteiger partial charge in [0, 0.05) is 13.0 Å². The predicted molar refractivity (Wildman–Crippen MR) is 71.3 cm³/mol. The SMILES string of the molecule is NCc1ccccc1C1=C[CH]c2ccccc21. The standard InChI is InChI=1S/C16H14N/c17-11-13-6-2-4-8-15(13)16-10-9-12-5-1-3-7-14(12)16/h1-10H,11,17H2. The van der Waals surface area contributed by atoms with Gasteiger partial charge in [0.2, 0.25) is 0 Å². The van der Waals surface area contributed by atoms with E-state index in [2.05, 4.69) is 55.0 Å². The fraction of sp³-hybridized carbons (Fsp3) is 0.0625. The lowest BCUT2D eigenvalue weighted by atomic mass is 9.95. The summed E-state index contributed by atoms with van der Waals surface area (Å²) in [6.45, 7) is 0.579. The molecular formula is C16H14N. The summed E-state index contributed by atoms with van der Waals surface area (Å²) in [7, 11) is 0. The van der Waals surface area contributed by atoms with Crippen LogP contribution in [0.4, 0.5) is 0 Å².